The second-order valence-electron chi connectivity index (χ2n) is 5.36. The van der Waals surface area contributed by atoms with Gasteiger partial charge in [-0.3, -0.25) is 4.68 Å². The molecule has 0 bridgehead atoms. The van der Waals surface area contributed by atoms with Crippen LogP contribution in [0, 0.1) is 6.92 Å². The molecular formula is C13H14F3N7. The van der Waals surface area contributed by atoms with Crippen molar-refractivity contribution in [3.63, 3.8) is 0 Å². The Morgan fingerprint density at radius 1 is 1.22 bits per heavy atom. The van der Waals surface area contributed by atoms with Crippen LogP contribution >= 0.6 is 0 Å². The molecule has 0 saturated heterocycles. The quantitative estimate of drug-likeness (QED) is 0.801. The van der Waals surface area contributed by atoms with Crippen LogP contribution in [0.1, 0.15) is 31.4 Å². The lowest BCUT2D eigenvalue weighted by atomic mass is 10.4. The lowest BCUT2D eigenvalue weighted by molar-refractivity contribution is -0.144. The number of alkyl halides is 3. The van der Waals surface area contributed by atoms with Crippen molar-refractivity contribution in [3.05, 3.63) is 30.0 Å². The molecule has 3 heterocycles. The zero-order valence-electron chi connectivity index (χ0n) is 12.6. The van der Waals surface area contributed by atoms with Gasteiger partial charge in [-0.15, -0.1) is 5.10 Å². The van der Waals surface area contributed by atoms with Crippen LogP contribution in [0.3, 0.4) is 0 Å². The van der Waals surface area contributed by atoms with Crippen LogP contribution in [0.25, 0.3) is 5.78 Å². The molecule has 0 atom stereocenters. The highest BCUT2D eigenvalue weighted by Gasteiger charge is 2.36. The van der Waals surface area contributed by atoms with Crippen molar-refractivity contribution in [2.24, 2.45) is 0 Å². The lowest BCUT2D eigenvalue weighted by Gasteiger charge is -2.07. The topological polar surface area (TPSA) is 72.9 Å². The summed E-state index contributed by atoms with van der Waals surface area (Å²) < 4.78 is 41.1. The van der Waals surface area contributed by atoms with Crippen LogP contribution in [0.5, 0.6) is 0 Å². The summed E-state index contributed by atoms with van der Waals surface area (Å²) in [6.07, 6.45) is -1.28. The molecule has 0 amide bonds. The number of hydrogen-bond donors (Lipinski definition) is 1. The van der Waals surface area contributed by atoms with E-state index in [0.29, 0.717) is 17.2 Å². The third kappa shape index (κ3) is 2.96. The Balaban J connectivity index is 2.03. The Kier molecular flexibility index (Phi) is 3.46. The van der Waals surface area contributed by atoms with Gasteiger partial charge >= 0.3 is 6.18 Å². The smallest absolute Gasteiger partial charge is 0.337 e. The molecule has 0 aliphatic carbocycles. The summed E-state index contributed by atoms with van der Waals surface area (Å²) >= 11 is 0. The molecule has 23 heavy (non-hydrogen) atoms. The SMILES string of the molecule is Cc1cc(Nc2cnn(C(C)C)c2)n2nc(C(F)(F)F)nc2n1. The first kappa shape index (κ1) is 15.3. The van der Waals surface area contributed by atoms with Gasteiger partial charge in [-0.25, -0.2) is 4.98 Å². The van der Waals surface area contributed by atoms with Crippen molar-refractivity contribution >= 4 is 17.3 Å². The number of hydrogen-bond acceptors (Lipinski definition) is 5. The fourth-order valence-electron chi connectivity index (χ4n) is 2.03. The van der Waals surface area contributed by atoms with Crippen LogP contribution in [0.15, 0.2) is 18.5 Å². The second kappa shape index (κ2) is 5.21. The van der Waals surface area contributed by atoms with Crippen molar-refractivity contribution in [2.75, 3.05) is 5.32 Å². The molecule has 10 heteroatoms. The van der Waals surface area contributed by atoms with Gasteiger partial charge in [0.05, 0.1) is 11.9 Å². The van der Waals surface area contributed by atoms with Crippen molar-refractivity contribution in [3.8, 4) is 0 Å². The fraction of sp³-hybridized carbons (Fsp3) is 0.385. The molecule has 122 valence electrons. The maximum absolute atomic E-state index is 12.8. The fourth-order valence-corrected chi connectivity index (χ4v) is 2.03. The van der Waals surface area contributed by atoms with Crippen molar-refractivity contribution in [2.45, 2.75) is 33.0 Å². The monoisotopic (exact) mass is 325 g/mol. The van der Waals surface area contributed by atoms with Gasteiger partial charge in [-0.05, 0) is 20.8 Å². The van der Waals surface area contributed by atoms with Crippen molar-refractivity contribution < 1.29 is 13.2 Å². The Morgan fingerprint density at radius 2 is 1.96 bits per heavy atom. The van der Waals surface area contributed by atoms with Crippen molar-refractivity contribution in [1.29, 1.82) is 0 Å². The molecule has 0 spiro atoms. The molecule has 0 aliphatic heterocycles. The highest BCUT2D eigenvalue weighted by Crippen LogP contribution is 2.27. The van der Waals surface area contributed by atoms with Gasteiger partial charge in [0.1, 0.15) is 5.82 Å². The molecule has 7 nitrogen and oxygen atoms in total. The number of aromatic nitrogens is 6. The first-order valence-corrected chi connectivity index (χ1v) is 6.87. The summed E-state index contributed by atoms with van der Waals surface area (Å²) in [6, 6.07) is 1.77. The third-order valence-electron chi connectivity index (χ3n) is 3.10. The maximum atomic E-state index is 12.8. The third-order valence-corrected chi connectivity index (χ3v) is 3.10. The van der Waals surface area contributed by atoms with Crippen LogP contribution in [0.4, 0.5) is 24.7 Å². The van der Waals surface area contributed by atoms with Crippen LogP contribution in [0.2, 0.25) is 0 Å². The number of nitrogens with zero attached hydrogens (tertiary/aromatic N) is 6. The maximum Gasteiger partial charge on any atom is 0.453 e. The average molecular weight is 325 g/mol. The summed E-state index contributed by atoms with van der Waals surface area (Å²) in [4.78, 5) is 7.41. The van der Waals surface area contributed by atoms with Gasteiger partial charge in [-0.1, -0.05) is 0 Å². The van der Waals surface area contributed by atoms with Crippen LogP contribution < -0.4 is 5.32 Å². The standard InChI is InChI=1S/C13H14F3N7/c1-7(2)22-6-9(5-17-22)19-10-4-8(3)18-12-20-11(13(14,15)16)21-23(10)12/h4-7,19H,1-3H3. The lowest BCUT2D eigenvalue weighted by Crippen LogP contribution is -2.08. The van der Waals surface area contributed by atoms with Gasteiger partial charge < -0.3 is 5.32 Å². The van der Waals surface area contributed by atoms with Gasteiger partial charge in [0.2, 0.25) is 0 Å². The minimum atomic E-state index is -4.62. The molecular weight excluding hydrogens is 311 g/mol. The predicted molar refractivity (Wildman–Crippen MR) is 76.4 cm³/mol. The number of aryl methyl sites for hydroxylation is 1. The molecule has 3 aromatic heterocycles. The normalized spacial score (nSPS) is 12.3. The van der Waals surface area contributed by atoms with E-state index in [1.807, 2.05) is 13.8 Å². The van der Waals surface area contributed by atoms with Crippen LogP contribution in [-0.4, -0.2) is 29.4 Å². The largest absolute Gasteiger partial charge is 0.453 e. The zero-order chi connectivity index (χ0) is 16.8. The molecule has 0 saturated carbocycles. The van der Waals surface area contributed by atoms with Gasteiger partial charge in [0, 0.05) is 24.0 Å². The Labute approximate surface area is 129 Å². The number of halogens is 3. The van der Waals surface area contributed by atoms with E-state index >= 15 is 0 Å². The van der Waals surface area contributed by atoms with E-state index in [1.165, 1.54) is 0 Å². The summed E-state index contributed by atoms with van der Waals surface area (Å²) in [7, 11) is 0. The number of rotatable bonds is 3. The number of anilines is 2. The Bertz CT molecular complexity index is 847. The minimum Gasteiger partial charge on any atom is -0.337 e. The van der Waals surface area contributed by atoms with E-state index in [4.69, 9.17) is 0 Å². The molecule has 0 unspecified atom stereocenters. The minimum absolute atomic E-state index is 0.115. The predicted octanol–water partition coefficient (Wildman–Crippen LogP) is 2.97. The Hall–Kier alpha value is -2.65. The molecule has 1 N–H and O–H groups in total. The zero-order valence-corrected chi connectivity index (χ0v) is 12.6. The summed E-state index contributed by atoms with van der Waals surface area (Å²) in [5.74, 6) is -1.01. The van der Waals surface area contributed by atoms with E-state index in [-0.39, 0.29) is 11.8 Å². The molecule has 0 aliphatic rings. The van der Waals surface area contributed by atoms with E-state index in [1.54, 1.807) is 30.1 Å². The number of nitrogens with one attached hydrogen (secondary N) is 1. The van der Waals surface area contributed by atoms with Crippen molar-refractivity contribution in [1.82, 2.24) is 29.4 Å². The van der Waals surface area contributed by atoms with E-state index in [9.17, 15) is 13.2 Å². The van der Waals surface area contributed by atoms with Crippen LogP contribution in [-0.2, 0) is 6.18 Å². The average Bonchev–Trinajstić information content (AvgIpc) is 3.04. The van der Waals surface area contributed by atoms with Gasteiger partial charge in [-0.2, -0.15) is 27.8 Å². The molecule has 3 aromatic rings. The van der Waals surface area contributed by atoms with E-state index < -0.39 is 12.0 Å². The molecule has 0 fully saturated rings. The summed E-state index contributed by atoms with van der Waals surface area (Å²) in [6.45, 7) is 5.61. The highest BCUT2D eigenvalue weighted by molar-refractivity contribution is 5.57. The second-order valence-corrected chi connectivity index (χ2v) is 5.36. The highest BCUT2D eigenvalue weighted by atomic mass is 19.4. The van der Waals surface area contributed by atoms with Gasteiger partial charge in [0.25, 0.3) is 11.6 Å². The Morgan fingerprint density at radius 3 is 2.57 bits per heavy atom. The number of fused-ring (bicyclic) bond motifs is 1. The van der Waals surface area contributed by atoms with E-state index in [2.05, 4.69) is 25.5 Å². The summed E-state index contributed by atoms with van der Waals surface area (Å²) in [5.41, 5.74) is 1.16. The molecule has 0 radical (unpaired) electrons. The summed E-state index contributed by atoms with van der Waals surface area (Å²) in [5, 5.41) is 10.7. The van der Waals surface area contributed by atoms with Gasteiger partial charge in [0.15, 0.2) is 0 Å². The van der Waals surface area contributed by atoms with E-state index in [0.717, 1.165) is 4.52 Å². The first-order valence-electron chi connectivity index (χ1n) is 6.87. The first-order chi connectivity index (χ1) is 10.7. The molecule has 0 aromatic carbocycles. The molecule has 3 rings (SSSR count).